The Labute approximate surface area is 131 Å². The quantitative estimate of drug-likeness (QED) is 0.516. The van der Waals surface area contributed by atoms with Gasteiger partial charge in [0.25, 0.3) is 5.69 Å². The van der Waals surface area contributed by atoms with Gasteiger partial charge in [-0.2, -0.15) is 15.5 Å². The summed E-state index contributed by atoms with van der Waals surface area (Å²) >= 11 is 0. The van der Waals surface area contributed by atoms with Gasteiger partial charge in [-0.25, -0.2) is 0 Å². The van der Waals surface area contributed by atoms with E-state index in [4.69, 9.17) is 11.0 Å². The molecule has 2 aromatic rings. The molecule has 2 rings (SSSR count). The molecule has 23 heavy (non-hydrogen) atoms. The van der Waals surface area contributed by atoms with Crippen molar-refractivity contribution in [1.29, 1.82) is 5.26 Å². The number of rotatable bonds is 5. The van der Waals surface area contributed by atoms with E-state index in [0.717, 1.165) is 0 Å². The topological polar surface area (TPSA) is 135 Å². The predicted octanol–water partition coefficient (Wildman–Crippen LogP) is 2.78. The highest BCUT2D eigenvalue weighted by molar-refractivity contribution is 5.82. The van der Waals surface area contributed by atoms with Crippen molar-refractivity contribution in [1.82, 2.24) is 0 Å². The smallest absolute Gasteiger partial charge is 0.269 e. The number of non-ortho nitro benzene ring substituents is 1. The molecule has 1 unspecified atom stereocenters. The molecule has 1 amide bonds. The standard InChI is InChI=1S/C15H11N5O3/c16-9-10-3-1-2-4-13(10)14(15(17)21)19-18-11-5-7-12(8-6-11)20(22)23/h1-8,14H,(H2,17,21). The predicted molar refractivity (Wildman–Crippen MR) is 80.7 cm³/mol. The number of benzene rings is 2. The fourth-order valence-corrected chi connectivity index (χ4v) is 1.88. The number of primary amides is 1. The van der Waals surface area contributed by atoms with Gasteiger partial charge >= 0.3 is 0 Å². The summed E-state index contributed by atoms with van der Waals surface area (Å²) in [6.45, 7) is 0. The zero-order valence-corrected chi connectivity index (χ0v) is 11.8. The van der Waals surface area contributed by atoms with E-state index >= 15 is 0 Å². The number of nitro benzene ring substituents is 1. The molecule has 0 aliphatic rings. The molecule has 0 radical (unpaired) electrons. The van der Waals surface area contributed by atoms with Gasteiger partial charge in [0.2, 0.25) is 5.91 Å². The summed E-state index contributed by atoms with van der Waals surface area (Å²) in [6.07, 6.45) is 0. The van der Waals surface area contributed by atoms with Crippen LogP contribution in [-0.2, 0) is 4.79 Å². The van der Waals surface area contributed by atoms with Crippen molar-refractivity contribution >= 4 is 17.3 Å². The van der Waals surface area contributed by atoms with E-state index in [1.54, 1.807) is 24.3 Å². The van der Waals surface area contributed by atoms with Crippen molar-refractivity contribution in [3.63, 3.8) is 0 Å². The Bertz CT molecular complexity index is 809. The number of hydrogen-bond donors (Lipinski definition) is 1. The number of nitriles is 1. The lowest BCUT2D eigenvalue weighted by Crippen LogP contribution is -2.20. The average Bonchev–Trinajstić information content (AvgIpc) is 2.55. The molecule has 0 saturated carbocycles. The fourth-order valence-electron chi connectivity index (χ4n) is 1.88. The highest BCUT2D eigenvalue weighted by Crippen LogP contribution is 2.24. The number of azo groups is 1. The molecule has 0 heterocycles. The molecule has 0 aliphatic carbocycles. The van der Waals surface area contributed by atoms with E-state index in [-0.39, 0.29) is 11.3 Å². The number of nitrogens with two attached hydrogens (primary N) is 1. The number of hydrogen-bond acceptors (Lipinski definition) is 6. The zero-order valence-electron chi connectivity index (χ0n) is 11.8. The first-order chi connectivity index (χ1) is 11.0. The molecule has 0 spiro atoms. The molecule has 8 heteroatoms. The molecular formula is C15H11N5O3. The van der Waals surface area contributed by atoms with Crippen LogP contribution in [0.25, 0.3) is 0 Å². The first-order valence-electron chi connectivity index (χ1n) is 6.46. The summed E-state index contributed by atoms with van der Waals surface area (Å²) in [5.41, 5.74) is 6.21. The molecular weight excluding hydrogens is 298 g/mol. The Morgan fingerprint density at radius 1 is 1.22 bits per heavy atom. The third kappa shape index (κ3) is 3.74. The second-order valence-corrected chi connectivity index (χ2v) is 4.49. The Hall–Kier alpha value is -3.60. The lowest BCUT2D eigenvalue weighted by Gasteiger charge is -2.09. The molecule has 0 saturated heterocycles. The summed E-state index contributed by atoms with van der Waals surface area (Å²) in [7, 11) is 0. The Kier molecular flexibility index (Phi) is 4.74. The zero-order chi connectivity index (χ0) is 16.8. The maximum Gasteiger partial charge on any atom is 0.269 e. The van der Waals surface area contributed by atoms with E-state index in [0.29, 0.717) is 11.3 Å². The number of carbonyl (C=O) groups excluding carboxylic acids is 1. The lowest BCUT2D eigenvalue weighted by molar-refractivity contribution is -0.384. The van der Waals surface area contributed by atoms with Crippen molar-refractivity contribution in [2.45, 2.75) is 6.04 Å². The van der Waals surface area contributed by atoms with E-state index in [2.05, 4.69) is 10.2 Å². The first-order valence-corrected chi connectivity index (χ1v) is 6.46. The second kappa shape index (κ2) is 6.91. The third-order valence-corrected chi connectivity index (χ3v) is 2.99. The minimum absolute atomic E-state index is 0.0785. The third-order valence-electron chi connectivity index (χ3n) is 2.99. The molecule has 0 aromatic heterocycles. The van der Waals surface area contributed by atoms with Crippen LogP contribution >= 0.6 is 0 Å². The van der Waals surface area contributed by atoms with Crippen molar-refractivity contribution in [3.05, 3.63) is 69.8 Å². The minimum atomic E-state index is -1.11. The van der Waals surface area contributed by atoms with Crippen LogP contribution in [0.4, 0.5) is 11.4 Å². The van der Waals surface area contributed by atoms with Gasteiger partial charge in [-0.1, -0.05) is 18.2 Å². The van der Waals surface area contributed by atoms with Crippen molar-refractivity contribution in [2.75, 3.05) is 0 Å². The summed E-state index contributed by atoms with van der Waals surface area (Å²) in [4.78, 5) is 21.7. The molecule has 114 valence electrons. The summed E-state index contributed by atoms with van der Waals surface area (Å²) in [5.74, 6) is -0.752. The largest absolute Gasteiger partial charge is 0.367 e. The fraction of sp³-hybridized carbons (Fsp3) is 0.0667. The first kappa shape index (κ1) is 15.8. The maximum atomic E-state index is 11.6. The van der Waals surface area contributed by atoms with Crippen molar-refractivity contribution in [3.8, 4) is 6.07 Å². The van der Waals surface area contributed by atoms with Crippen LogP contribution in [0.3, 0.4) is 0 Å². The van der Waals surface area contributed by atoms with Crippen LogP contribution in [0.1, 0.15) is 17.2 Å². The summed E-state index contributed by atoms with van der Waals surface area (Å²) in [5, 5.41) is 27.4. The molecule has 0 fully saturated rings. The maximum absolute atomic E-state index is 11.6. The van der Waals surface area contributed by atoms with E-state index in [1.165, 1.54) is 24.3 Å². The number of nitrogens with zero attached hydrogens (tertiary/aromatic N) is 4. The molecule has 8 nitrogen and oxygen atoms in total. The van der Waals surface area contributed by atoms with Crippen molar-refractivity contribution in [2.24, 2.45) is 16.0 Å². The normalized spacial score (nSPS) is 11.8. The molecule has 2 N–H and O–H groups in total. The van der Waals surface area contributed by atoms with Crippen molar-refractivity contribution < 1.29 is 9.72 Å². The molecule has 0 aliphatic heterocycles. The molecule has 1 atom stereocenters. The highest BCUT2D eigenvalue weighted by atomic mass is 16.6. The van der Waals surface area contributed by atoms with Gasteiger partial charge in [0.05, 0.1) is 22.2 Å². The number of amides is 1. The van der Waals surface area contributed by atoms with Gasteiger partial charge in [0.15, 0.2) is 6.04 Å². The lowest BCUT2D eigenvalue weighted by atomic mass is 10.0. The summed E-state index contributed by atoms with van der Waals surface area (Å²) < 4.78 is 0. The van der Waals surface area contributed by atoms with Crippen LogP contribution in [0.5, 0.6) is 0 Å². The Morgan fingerprint density at radius 2 is 1.87 bits per heavy atom. The van der Waals surface area contributed by atoms with Crippen LogP contribution in [0.2, 0.25) is 0 Å². The second-order valence-electron chi connectivity index (χ2n) is 4.49. The van der Waals surface area contributed by atoms with Crippen LogP contribution < -0.4 is 5.73 Å². The SMILES string of the molecule is N#Cc1ccccc1C(N=Nc1ccc([N+](=O)[O-])cc1)C(N)=O. The van der Waals surface area contributed by atoms with E-state index < -0.39 is 16.9 Å². The van der Waals surface area contributed by atoms with Crippen LogP contribution in [-0.4, -0.2) is 10.8 Å². The van der Waals surface area contributed by atoms with Gasteiger partial charge in [-0.05, 0) is 18.2 Å². The van der Waals surface area contributed by atoms with Gasteiger partial charge < -0.3 is 5.73 Å². The average molecular weight is 309 g/mol. The Morgan fingerprint density at radius 3 is 2.43 bits per heavy atom. The Balaban J connectivity index is 2.31. The van der Waals surface area contributed by atoms with Crippen LogP contribution in [0.15, 0.2) is 58.8 Å². The summed E-state index contributed by atoms with van der Waals surface area (Å²) in [6, 6.07) is 12.6. The van der Waals surface area contributed by atoms with Gasteiger partial charge in [0, 0.05) is 17.7 Å². The monoisotopic (exact) mass is 309 g/mol. The van der Waals surface area contributed by atoms with E-state index in [9.17, 15) is 14.9 Å². The molecule has 2 aromatic carbocycles. The van der Waals surface area contributed by atoms with E-state index in [1.807, 2.05) is 6.07 Å². The van der Waals surface area contributed by atoms with Gasteiger partial charge in [0.1, 0.15) is 0 Å². The minimum Gasteiger partial charge on any atom is -0.367 e. The number of carbonyl (C=O) groups is 1. The highest BCUT2D eigenvalue weighted by Gasteiger charge is 2.20. The van der Waals surface area contributed by atoms with Crippen LogP contribution in [0, 0.1) is 21.4 Å². The molecule has 0 bridgehead atoms. The number of nitro groups is 1. The van der Waals surface area contributed by atoms with Gasteiger partial charge in [-0.3, -0.25) is 14.9 Å². The van der Waals surface area contributed by atoms with Gasteiger partial charge in [-0.15, -0.1) is 0 Å².